The van der Waals surface area contributed by atoms with Gasteiger partial charge < -0.3 is 20.8 Å². The average Bonchev–Trinajstić information content (AvgIpc) is 3.09. The van der Waals surface area contributed by atoms with Crippen LogP contribution in [0.1, 0.15) is 29.8 Å². The SMILES string of the molecule is COc1ccc2[nH]cc(C(=O)Nc3ccc(/C(C)=N/N=C(C)N)cc3)c2c1. The first-order valence-electron chi connectivity index (χ1n) is 8.39. The van der Waals surface area contributed by atoms with Crippen molar-refractivity contribution in [2.24, 2.45) is 15.9 Å². The second kappa shape index (κ2) is 7.74. The number of rotatable bonds is 5. The Morgan fingerprint density at radius 2 is 1.85 bits per heavy atom. The number of carbonyl (C=O) groups excluding carboxylic acids is 1. The molecule has 7 heteroatoms. The van der Waals surface area contributed by atoms with Crippen LogP contribution in [0.5, 0.6) is 5.75 Å². The van der Waals surface area contributed by atoms with E-state index in [0.29, 0.717) is 22.8 Å². The van der Waals surface area contributed by atoms with Gasteiger partial charge in [0.2, 0.25) is 0 Å². The van der Waals surface area contributed by atoms with Crippen LogP contribution >= 0.6 is 0 Å². The first-order valence-corrected chi connectivity index (χ1v) is 8.39. The quantitative estimate of drug-likeness (QED) is 0.367. The molecule has 4 N–H and O–H groups in total. The van der Waals surface area contributed by atoms with Crippen molar-refractivity contribution in [3.05, 3.63) is 59.8 Å². The highest BCUT2D eigenvalue weighted by atomic mass is 16.5. The summed E-state index contributed by atoms with van der Waals surface area (Å²) in [7, 11) is 1.60. The number of carbonyl (C=O) groups is 1. The van der Waals surface area contributed by atoms with E-state index in [1.54, 1.807) is 20.2 Å². The van der Waals surface area contributed by atoms with E-state index in [2.05, 4.69) is 20.5 Å². The molecular formula is C20H21N5O2. The summed E-state index contributed by atoms with van der Waals surface area (Å²) in [5, 5.41) is 11.6. The van der Waals surface area contributed by atoms with E-state index in [-0.39, 0.29) is 5.91 Å². The van der Waals surface area contributed by atoms with E-state index in [1.165, 1.54) is 0 Å². The summed E-state index contributed by atoms with van der Waals surface area (Å²) in [6.07, 6.45) is 1.69. The molecule has 27 heavy (non-hydrogen) atoms. The van der Waals surface area contributed by atoms with Gasteiger partial charge in [0.25, 0.3) is 5.91 Å². The second-order valence-corrected chi connectivity index (χ2v) is 6.07. The van der Waals surface area contributed by atoms with Gasteiger partial charge >= 0.3 is 0 Å². The van der Waals surface area contributed by atoms with E-state index in [0.717, 1.165) is 22.2 Å². The molecule has 3 rings (SSSR count). The Labute approximate surface area is 156 Å². The molecule has 1 amide bonds. The Kier molecular flexibility index (Phi) is 5.21. The molecule has 0 saturated heterocycles. The molecule has 3 aromatic rings. The van der Waals surface area contributed by atoms with Gasteiger partial charge in [-0.2, -0.15) is 5.10 Å². The van der Waals surface area contributed by atoms with Gasteiger partial charge in [0.05, 0.1) is 18.4 Å². The van der Waals surface area contributed by atoms with Gasteiger partial charge in [-0.3, -0.25) is 4.79 Å². The number of fused-ring (bicyclic) bond motifs is 1. The van der Waals surface area contributed by atoms with Crippen LogP contribution in [0.4, 0.5) is 5.69 Å². The molecule has 0 fully saturated rings. The molecule has 7 nitrogen and oxygen atoms in total. The lowest BCUT2D eigenvalue weighted by Crippen LogP contribution is -2.11. The zero-order valence-corrected chi connectivity index (χ0v) is 15.4. The smallest absolute Gasteiger partial charge is 0.257 e. The second-order valence-electron chi connectivity index (χ2n) is 6.07. The van der Waals surface area contributed by atoms with Crippen molar-refractivity contribution in [2.75, 3.05) is 12.4 Å². The molecule has 138 valence electrons. The molecule has 0 aliphatic heterocycles. The first kappa shape index (κ1) is 18.2. The minimum Gasteiger partial charge on any atom is -0.497 e. The highest BCUT2D eigenvalue weighted by molar-refractivity contribution is 6.13. The molecule has 0 radical (unpaired) electrons. The van der Waals surface area contributed by atoms with Gasteiger partial charge in [0, 0.05) is 22.8 Å². The minimum absolute atomic E-state index is 0.198. The van der Waals surface area contributed by atoms with E-state index in [1.807, 2.05) is 49.4 Å². The molecular weight excluding hydrogens is 342 g/mol. The molecule has 0 bridgehead atoms. The highest BCUT2D eigenvalue weighted by Gasteiger charge is 2.13. The van der Waals surface area contributed by atoms with Crippen LogP contribution in [0.15, 0.2) is 58.9 Å². The number of anilines is 1. The standard InChI is InChI=1S/C20H21N5O2/c1-12(24-25-13(2)21)14-4-6-15(7-5-14)23-20(26)18-11-22-19-9-8-16(27-3)10-17(18)19/h4-11,22H,1-3H3,(H2,21,25)(H,23,26)/b24-12+. The van der Waals surface area contributed by atoms with Crippen LogP contribution in [0.25, 0.3) is 10.9 Å². The number of H-pyrrole nitrogens is 1. The number of hydrogen-bond acceptors (Lipinski definition) is 4. The number of hydrogen-bond donors (Lipinski definition) is 3. The normalized spacial score (nSPS) is 12.3. The largest absolute Gasteiger partial charge is 0.497 e. The molecule has 0 atom stereocenters. The molecule has 0 aliphatic rings. The third-order valence-corrected chi connectivity index (χ3v) is 4.05. The summed E-state index contributed by atoms with van der Waals surface area (Å²) < 4.78 is 5.24. The van der Waals surface area contributed by atoms with E-state index in [4.69, 9.17) is 10.5 Å². The number of aromatic nitrogens is 1. The Morgan fingerprint density at radius 3 is 2.52 bits per heavy atom. The van der Waals surface area contributed by atoms with Crippen molar-refractivity contribution in [3.8, 4) is 5.75 Å². The van der Waals surface area contributed by atoms with Crippen molar-refractivity contribution < 1.29 is 9.53 Å². The fourth-order valence-electron chi connectivity index (χ4n) is 2.62. The maximum atomic E-state index is 12.7. The zero-order chi connectivity index (χ0) is 19.4. The third-order valence-electron chi connectivity index (χ3n) is 4.05. The van der Waals surface area contributed by atoms with Gasteiger partial charge in [0.15, 0.2) is 0 Å². The Balaban J connectivity index is 1.79. The monoisotopic (exact) mass is 363 g/mol. The first-order chi connectivity index (χ1) is 13.0. The van der Waals surface area contributed by atoms with Gasteiger partial charge in [0.1, 0.15) is 11.6 Å². The topological polar surface area (TPSA) is 105 Å². The lowest BCUT2D eigenvalue weighted by atomic mass is 10.1. The predicted molar refractivity (Wildman–Crippen MR) is 109 cm³/mol. The molecule has 1 aromatic heterocycles. The van der Waals surface area contributed by atoms with Crippen molar-refractivity contribution in [2.45, 2.75) is 13.8 Å². The minimum atomic E-state index is -0.198. The number of nitrogens with two attached hydrogens (primary N) is 1. The van der Waals surface area contributed by atoms with Crippen LogP contribution in [-0.4, -0.2) is 29.5 Å². The maximum absolute atomic E-state index is 12.7. The molecule has 0 unspecified atom stereocenters. The maximum Gasteiger partial charge on any atom is 0.257 e. The Morgan fingerprint density at radius 1 is 1.11 bits per heavy atom. The van der Waals surface area contributed by atoms with E-state index < -0.39 is 0 Å². The summed E-state index contributed by atoms with van der Waals surface area (Å²) in [4.78, 5) is 15.8. The van der Waals surface area contributed by atoms with Crippen molar-refractivity contribution in [1.82, 2.24) is 4.98 Å². The lowest BCUT2D eigenvalue weighted by Gasteiger charge is -2.06. The summed E-state index contributed by atoms with van der Waals surface area (Å²) >= 11 is 0. The third kappa shape index (κ3) is 4.14. The summed E-state index contributed by atoms with van der Waals surface area (Å²) in [6.45, 7) is 3.52. The van der Waals surface area contributed by atoms with E-state index in [9.17, 15) is 4.79 Å². The van der Waals surface area contributed by atoms with Gasteiger partial charge in [-0.05, 0) is 49.7 Å². The van der Waals surface area contributed by atoms with Crippen LogP contribution in [0.3, 0.4) is 0 Å². The van der Waals surface area contributed by atoms with Crippen LogP contribution < -0.4 is 15.8 Å². The predicted octanol–water partition coefficient (Wildman–Crippen LogP) is 3.53. The van der Waals surface area contributed by atoms with Gasteiger partial charge in [-0.25, -0.2) is 0 Å². The van der Waals surface area contributed by atoms with E-state index >= 15 is 0 Å². The average molecular weight is 363 g/mol. The molecule has 2 aromatic carbocycles. The van der Waals surface area contributed by atoms with Crippen LogP contribution in [0, 0.1) is 0 Å². The Bertz CT molecular complexity index is 1030. The van der Waals surface area contributed by atoms with Crippen LogP contribution in [0.2, 0.25) is 0 Å². The highest BCUT2D eigenvalue weighted by Crippen LogP contribution is 2.24. The summed E-state index contributed by atoms with van der Waals surface area (Å²) in [6, 6.07) is 12.9. The summed E-state index contributed by atoms with van der Waals surface area (Å²) in [5.74, 6) is 0.898. The number of methoxy groups -OCH3 is 1. The number of benzene rings is 2. The van der Waals surface area contributed by atoms with Crippen molar-refractivity contribution >= 4 is 34.0 Å². The lowest BCUT2D eigenvalue weighted by molar-refractivity contribution is 0.102. The molecule has 0 aliphatic carbocycles. The number of aromatic amines is 1. The van der Waals surface area contributed by atoms with Crippen LogP contribution in [-0.2, 0) is 0 Å². The van der Waals surface area contributed by atoms with Gasteiger partial charge in [-0.1, -0.05) is 12.1 Å². The molecule has 0 saturated carbocycles. The number of nitrogens with one attached hydrogen (secondary N) is 2. The summed E-state index contributed by atoms with van der Waals surface area (Å²) in [5.41, 5.74) is 9.24. The number of nitrogens with zero attached hydrogens (tertiary/aromatic N) is 2. The fraction of sp³-hybridized carbons (Fsp3) is 0.150. The number of ether oxygens (including phenoxy) is 1. The van der Waals surface area contributed by atoms with Gasteiger partial charge in [-0.15, -0.1) is 5.10 Å². The number of amides is 1. The molecule has 1 heterocycles. The Hall–Kier alpha value is -3.61. The molecule has 0 spiro atoms. The zero-order valence-electron chi connectivity index (χ0n) is 15.4. The fourth-order valence-corrected chi connectivity index (χ4v) is 2.62. The van der Waals surface area contributed by atoms with Crippen molar-refractivity contribution in [1.29, 1.82) is 0 Å². The number of amidine groups is 1. The van der Waals surface area contributed by atoms with Crippen molar-refractivity contribution in [3.63, 3.8) is 0 Å².